The minimum absolute atomic E-state index is 0.953. The Morgan fingerprint density at radius 1 is 1.27 bits per heavy atom. The van der Waals surface area contributed by atoms with Gasteiger partial charge >= 0.3 is 0 Å². The van der Waals surface area contributed by atoms with Gasteiger partial charge in [-0.3, -0.25) is 0 Å². The smallest absolute Gasteiger partial charge is 0.0885 e. The molecule has 1 rings (SSSR count). The topological polar surface area (TPSA) is 0 Å². The van der Waals surface area contributed by atoms with Gasteiger partial charge in [-0.15, -0.1) is 0 Å². The molecule has 1 aliphatic rings. The van der Waals surface area contributed by atoms with E-state index in [0.29, 0.717) is 0 Å². The lowest BCUT2D eigenvalue weighted by atomic mass is 9.97. The molecular formula is C10H22N+. The average Bonchev–Trinajstić information content (AvgIpc) is 2.05. The van der Waals surface area contributed by atoms with E-state index in [4.69, 9.17) is 0 Å². The highest BCUT2D eigenvalue weighted by atomic mass is 15.4. The second-order valence-corrected chi connectivity index (χ2v) is 4.08. The summed E-state index contributed by atoms with van der Waals surface area (Å²) in [5.74, 6) is 0. The number of hydrogen-bond acceptors (Lipinski definition) is 0. The Morgan fingerprint density at radius 3 is 2.45 bits per heavy atom. The van der Waals surface area contributed by atoms with E-state index in [1.54, 1.807) is 0 Å². The van der Waals surface area contributed by atoms with Gasteiger partial charge in [0.05, 0.1) is 26.2 Å². The van der Waals surface area contributed by atoms with Crippen LogP contribution >= 0.6 is 0 Å². The van der Waals surface area contributed by atoms with Gasteiger partial charge in [-0.25, -0.2) is 0 Å². The summed E-state index contributed by atoms with van der Waals surface area (Å²) in [6, 6.07) is 0.953. The summed E-state index contributed by atoms with van der Waals surface area (Å²) in [6.45, 7) is 7.39. The number of hydrogen-bond donors (Lipinski definition) is 0. The molecule has 1 saturated heterocycles. The van der Waals surface area contributed by atoms with Gasteiger partial charge < -0.3 is 4.48 Å². The molecule has 1 heterocycles. The van der Waals surface area contributed by atoms with Gasteiger partial charge in [0.25, 0.3) is 0 Å². The standard InChI is InChI=1S/C10H22N/c1-4-10-8-6-7-9-11(10,3)5-2/h10H,4-9H2,1-3H3/q+1. The Morgan fingerprint density at radius 2 is 2.00 bits per heavy atom. The van der Waals surface area contributed by atoms with E-state index >= 15 is 0 Å². The quantitative estimate of drug-likeness (QED) is 0.539. The van der Waals surface area contributed by atoms with Crippen molar-refractivity contribution in [2.24, 2.45) is 0 Å². The maximum Gasteiger partial charge on any atom is 0.0885 e. The van der Waals surface area contributed by atoms with Crippen LogP contribution in [-0.4, -0.2) is 30.7 Å². The van der Waals surface area contributed by atoms with Gasteiger partial charge in [-0.2, -0.15) is 0 Å². The Kier molecular flexibility index (Phi) is 2.94. The fraction of sp³-hybridized carbons (Fsp3) is 1.00. The Bertz CT molecular complexity index is 122. The summed E-state index contributed by atoms with van der Waals surface area (Å²) in [7, 11) is 2.42. The van der Waals surface area contributed by atoms with Crippen molar-refractivity contribution in [3.8, 4) is 0 Å². The van der Waals surface area contributed by atoms with E-state index in [0.717, 1.165) is 6.04 Å². The van der Waals surface area contributed by atoms with Crippen LogP contribution in [0.25, 0.3) is 0 Å². The van der Waals surface area contributed by atoms with Crippen LogP contribution in [0.3, 0.4) is 0 Å². The molecule has 0 bridgehead atoms. The first-order valence-corrected chi connectivity index (χ1v) is 5.07. The summed E-state index contributed by atoms with van der Waals surface area (Å²) in [5, 5.41) is 0. The molecule has 0 aromatic rings. The molecule has 1 fully saturated rings. The Hall–Kier alpha value is -0.0400. The zero-order valence-electron chi connectivity index (χ0n) is 8.27. The Labute approximate surface area is 71.0 Å². The van der Waals surface area contributed by atoms with Crippen LogP contribution in [0.4, 0.5) is 0 Å². The maximum absolute atomic E-state index is 2.42. The normalized spacial score (nSPS) is 39.0. The van der Waals surface area contributed by atoms with Crippen LogP contribution in [-0.2, 0) is 0 Å². The maximum atomic E-state index is 2.42. The summed E-state index contributed by atoms with van der Waals surface area (Å²) in [4.78, 5) is 0. The molecule has 66 valence electrons. The molecule has 0 radical (unpaired) electrons. The van der Waals surface area contributed by atoms with Crippen molar-refractivity contribution < 1.29 is 4.48 Å². The van der Waals surface area contributed by atoms with Crippen molar-refractivity contribution in [2.45, 2.75) is 45.6 Å². The van der Waals surface area contributed by atoms with Crippen molar-refractivity contribution in [3.63, 3.8) is 0 Å². The largest absolute Gasteiger partial charge is 0.324 e. The number of quaternary nitrogens is 1. The minimum atomic E-state index is 0.953. The lowest BCUT2D eigenvalue weighted by Gasteiger charge is -2.44. The molecule has 0 amide bonds. The first-order chi connectivity index (χ1) is 5.23. The molecule has 1 nitrogen and oxygen atoms in total. The number of rotatable bonds is 2. The second kappa shape index (κ2) is 3.57. The van der Waals surface area contributed by atoms with Crippen molar-refractivity contribution in [2.75, 3.05) is 20.1 Å². The van der Waals surface area contributed by atoms with E-state index in [9.17, 15) is 0 Å². The van der Waals surface area contributed by atoms with E-state index in [2.05, 4.69) is 20.9 Å². The van der Waals surface area contributed by atoms with Crippen molar-refractivity contribution in [1.82, 2.24) is 0 Å². The zero-order chi connectivity index (χ0) is 8.32. The van der Waals surface area contributed by atoms with Gasteiger partial charge in [0, 0.05) is 0 Å². The third-order valence-corrected chi connectivity index (χ3v) is 3.53. The second-order valence-electron chi connectivity index (χ2n) is 4.08. The molecule has 1 heteroatoms. The molecule has 11 heavy (non-hydrogen) atoms. The van der Waals surface area contributed by atoms with Crippen LogP contribution in [0.5, 0.6) is 0 Å². The number of nitrogens with zero attached hydrogens (tertiary/aromatic N) is 1. The van der Waals surface area contributed by atoms with Gasteiger partial charge in [-0.05, 0) is 32.6 Å². The Balaban J connectivity index is 2.57. The highest BCUT2D eigenvalue weighted by molar-refractivity contribution is 4.63. The van der Waals surface area contributed by atoms with E-state index in [1.807, 2.05) is 0 Å². The predicted octanol–water partition coefficient (Wildman–Crippen LogP) is 2.42. The third-order valence-electron chi connectivity index (χ3n) is 3.53. The fourth-order valence-corrected chi connectivity index (χ4v) is 2.41. The molecule has 0 aromatic heterocycles. The van der Waals surface area contributed by atoms with Crippen LogP contribution in [0.1, 0.15) is 39.5 Å². The molecule has 0 saturated carbocycles. The van der Waals surface area contributed by atoms with Gasteiger partial charge in [0.1, 0.15) is 0 Å². The predicted molar refractivity (Wildman–Crippen MR) is 49.5 cm³/mol. The first kappa shape index (κ1) is 9.05. The van der Waals surface area contributed by atoms with Crippen molar-refractivity contribution >= 4 is 0 Å². The highest BCUT2D eigenvalue weighted by Gasteiger charge is 2.31. The van der Waals surface area contributed by atoms with E-state index < -0.39 is 0 Å². The van der Waals surface area contributed by atoms with Crippen LogP contribution in [0.2, 0.25) is 0 Å². The molecule has 2 unspecified atom stereocenters. The first-order valence-electron chi connectivity index (χ1n) is 5.07. The summed E-state index contributed by atoms with van der Waals surface area (Å²) in [5.41, 5.74) is 0. The van der Waals surface area contributed by atoms with Crippen molar-refractivity contribution in [3.05, 3.63) is 0 Å². The highest BCUT2D eigenvalue weighted by Crippen LogP contribution is 2.25. The lowest BCUT2D eigenvalue weighted by Crippen LogP contribution is -2.54. The lowest BCUT2D eigenvalue weighted by molar-refractivity contribution is -0.936. The van der Waals surface area contributed by atoms with Gasteiger partial charge in [0.2, 0.25) is 0 Å². The van der Waals surface area contributed by atoms with E-state index in [1.165, 1.54) is 43.3 Å². The van der Waals surface area contributed by atoms with Gasteiger partial charge in [-0.1, -0.05) is 6.92 Å². The third kappa shape index (κ3) is 1.76. The van der Waals surface area contributed by atoms with Gasteiger partial charge in [0.15, 0.2) is 0 Å². The molecular weight excluding hydrogens is 134 g/mol. The van der Waals surface area contributed by atoms with Crippen LogP contribution < -0.4 is 0 Å². The number of piperidine rings is 1. The van der Waals surface area contributed by atoms with Crippen LogP contribution in [0, 0.1) is 0 Å². The SMILES string of the molecule is CCC1CCCC[N+]1(C)CC. The average molecular weight is 156 g/mol. The molecule has 1 aliphatic heterocycles. The van der Waals surface area contributed by atoms with Crippen molar-refractivity contribution in [1.29, 1.82) is 0 Å². The summed E-state index contributed by atoms with van der Waals surface area (Å²) < 4.78 is 1.33. The molecule has 0 spiro atoms. The monoisotopic (exact) mass is 156 g/mol. The number of likely N-dealkylation sites (tertiary alicyclic amines) is 1. The summed E-state index contributed by atoms with van der Waals surface area (Å²) >= 11 is 0. The molecule has 0 aromatic carbocycles. The molecule has 2 atom stereocenters. The summed E-state index contributed by atoms with van der Waals surface area (Å²) in [6.07, 6.45) is 5.73. The van der Waals surface area contributed by atoms with E-state index in [-0.39, 0.29) is 0 Å². The minimum Gasteiger partial charge on any atom is -0.324 e. The fourth-order valence-electron chi connectivity index (χ4n) is 2.41. The zero-order valence-corrected chi connectivity index (χ0v) is 8.27. The van der Waals surface area contributed by atoms with Crippen LogP contribution in [0.15, 0.2) is 0 Å². The molecule has 0 N–H and O–H groups in total. The molecule has 0 aliphatic carbocycles.